The molecule has 0 spiro atoms. The molecule has 3 heterocycles. The first kappa shape index (κ1) is 25.6. The molecule has 1 atom stereocenters. The van der Waals surface area contributed by atoms with Gasteiger partial charge in [-0.2, -0.15) is 0 Å². The van der Waals surface area contributed by atoms with Gasteiger partial charge in [0.05, 0.1) is 31.4 Å². The quantitative estimate of drug-likeness (QED) is 0.425. The van der Waals surface area contributed by atoms with Crippen molar-refractivity contribution in [3.05, 3.63) is 42.5 Å². The highest BCUT2D eigenvalue weighted by atomic mass is 16.5. The van der Waals surface area contributed by atoms with Crippen LogP contribution in [0.15, 0.2) is 36.9 Å². The summed E-state index contributed by atoms with van der Waals surface area (Å²) in [5, 5.41) is 6.90. The lowest BCUT2D eigenvalue weighted by molar-refractivity contribution is 0.122. The molecule has 1 saturated carbocycles. The summed E-state index contributed by atoms with van der Waals surface area (Å²) in [6, 6.07) is 4.84. The number of morpholine rings is 1. The van der Waals surface area contributed by atoms with Gasteiger partial charge in [-0.05, 0) is 38.7 Å². The van der Waals surface area contributed by atoms with Crippen molar-refractivity contribution in [1.29, 1.82) is 0 Å². The van der Waals surface area contributed by atoms with Crippen molar-refractivity contribution >= 4 is 22.7 Å². The van der Waals surface area contributed by atoms with Crippen LogP contribution in [-0.4, -0.2) is 78.1 Å². The number of ether oxygens (including phenoxy) is 3. The van der Waals surface area contributed by atoms with E-state index in [2.05, 4.69) is 54.5 Å². The van der Waals surface area contributed by atoms with Gasteiger partial charge in [0.25, 0.3) is 0 Å². The molecule has 1 unspecified atom stereocenters. The Morgan fingerprint density at radius 3 is 2.54 bits per heavy atom. The second kappa shape index (κ2) is 12.4. The molecule has 0 bridgehead atoms. The fraction of sp³-hybridized carbons (Fsp3) is 0.556. The lowest BCUT2D eigenvalue weighted by Gasteiger charge is -2.31. The Morgan fingerprint density at radius 1 is 1.03 bits per heavy atom. The van der Waals surface area contributed by atoms with E-state index in [0.29, 0.717) is 18.6 Å². The molecular formula is C27H37N7O3. The second-order valence-electron chi connectivity index (χ2n) is 9.86. The Labute approximate surface area is 218 Å². The van der Waals surface area contributed by atoms with Crippen LogP contribution in [0.5, 0.6) is 5.75 Å². The largest absolute Gasteiger partial charge is 0.488 e. The number of benzene rings is 1. The van der Waals surface area contributed by atoms with Crippen LogP contribution in [0.25, 0.3) is 11.0 Å². The van der Waals surface area contributed by atoms with Crippen LogP contribution >= 0.6 is 0 Å². The highest BCUT2D eigenvalue weighted by molar-refractivity contribution is 5.85. The summed E-state index contributed by atoms with van der Waals surface area (Å²) in [5.41, 5.74) is 3.85. The fourth-order valence-corrected chi connectivity index (χ4v) is 4.93. The van der Waals surface area contributed by atoms with Crippen LogP contribution < -0.4 is 20.3 Å². The monoisotopic (exact) mass is 507 g/mol. The second-order valence-corrected chi connectivity index (χ2v) is 9.86. The lowest BCUT2D eigenvalue weighted by Crippen LogP contribution is -2.36. The molecule has 1 aliphatic heterocycles. The third-order valence-electron chi connectivity index (χ3n) is 6.98. The van der Waals surface area contributed by atoms with Gasteiger partial charge in [-0.25, -0.2) is 15.0 Å². The first-order chi connectivity index (χ1) is 18.2. The Kier molecular flexibility index (Phi) is 8.60. The number of nitrogens with one attached hydrogen (secondary N) is 2. The van der Waals surface area contributed by atoms with Crippen LogP contribution in [0.4, 0.5) is 11.6 Å². The zero-order chi connectivity index (χ0) is 25.5. The molecule has 3 aromatic rings. The van der Waals surface area contributed by atoms with E-state index < -0.39 is 0 Å². The molecule has 0 radical (unpaired) electrons. The van der Waals surface area contributed by atoms with Crippen molar-refractivity contribution in [1.82, 2.24) is 25.3 Å². The van der Waals surface area contributed by atoms with E-state index in [4.69, 9.17) is 14.2 Å². The summed E-state index contributed by atoms with van der Waals surface area (Å²) >= 11 is 0. The summed E-state index contributed by atoms with van der Waals surface area (Å²) in [6.45, 7) is 6.71. The van der Waals surface area contributed by atoms with Crippen molar-refractivity contribution in [2.75, 3.05) is 50.2 Å². The lowest BCUT2D eigenvalue weighted by atomic mass is 9.93. The SMILES string of the molecule is COCC(C)NCc1cnc(N[C@H]2CC[C@@H](Oc3cc(N4CCOCC4)cc4nccnc34)CC2)nc1. The van der Waals surface area contributed by atoms with E-state index in [-0.39, 0.29) is 12.1 Å². The molecule has 1 saturated heterocycles. The first-order valence-corrected chi connectivity index (χ1v) is 13.2. The van der Waals surface area contributed by atoms with Gasteiger partial charge < -0.3 is 29.7 Å². The van der Waals surface area contributed by atoms with E-state index in [0.717, 1.165) is 86.6 Å². The summed E-state index contributed by atoms with van der Waals surface area (Å²) in [6.07, 6.45) is 11.3. The number of fused-ring (bicyclic) bond motifs is 1. The number of rotatable bonds is 10. The minimum absolute atomic E-state index is 0.145. The van der Waals surface area contributed by atoms with Crippen molar-refractivity contribution in [3.8, 4) is 5.75 Å². The Morgan fingerprint density at radius 2 is 1.78 bits per heavy atom. The minimum atomic E-state index is 0.145. The molecule has 1 aliphatic carbocycles. The maximum atomic E-state index is 6.54. The molecule has 1 aromatic carbocycles. The van der Waals surface area contributed by atoms with E-state index in [1.165, 1.54) is 0 Å². The third kappa shape index (κ3) is 6.82. The molecule has 10 nitrogen and oxygen atoms in total. The Bertz CT molecular complexity index is 1130. The smallest absolute Gasteiger partial charge is 0.222 e. The van der Waals surface area contributed by atoms with Crippen molar-refractivity contribution in [2.24, 2.45) is 0 Å². The van der Waals surface area contributed by atoms with Gasteiger partial charge in [-0.1, -0.05) is 0 Å². The first-order valence-electron chi connectivity index (χ1n) is 13.2. The molecule has 10 heteroatoms. The van der Waals surface area contributed by atoms with Gasteiger partial charge in [0, 0.05) is 80.9 Å². The maximum absolute atomic E-state index is 6.54. The standard InChI is InChI=1S/C27H37N7O3/c1-19(18-35-2)30-15-20-16-31-27(32-17-20)33-21-3-5-23(6-4-21)37-25-14-22(34-9-11-36-12-10-34)13-24-26(25)29-8-7-28-24/h7-8,13-14,16-17,19,21,23,30H,3-6,9-12,15,18H2,1-2H3,(H,31,32,33)/t19?,21-,23+. The molecular weight excluding hydrogens is 470 g/mol. The van der Waals surface area contributed by atoms with Crippen molar-refractivity contribution in [3.63, 3.8) is 0 Å². The third-order valence-corrected chi connectivity index (χ3v) is 6.98. The minimum Gasteiger partial charge on any atom is -0.488 e. The van der Waals surface area contributed by atoms with Gasteiger partial charge >= 0.3 is 0 Å². The fourth-order valence-electron chi connectivity index (χ4n) is 4.93. The van der Waals surface area contributed by atoms with E-state index >= 15 is 0 Å². The topological polar surface area (TPSA) is 107 Å². The number of hydrogen-bond donors (Lipinski definition) is 2. The van der Waals surface area contributed by atoms with Crippen LogP contribution in [-0.2, 0) is 16.0 Å². The van der Waals surface area contributed by atoms with Crippen molar-refractivity contribution < 1.29 is 14.2 Å². The average molecular weight is 508 g/mol. The van der Waals surface area contributed by atoms with Crippen LogP contribution in [0.1, 0.15) is 38.2 Å². The summed E-state index contributed by atoms with van der Waals surface area (Å²) in [4.78, 5) is 20.5. The summed E-state index contributed by atoms with van der Waals surface area (Å²) in [7, 11) is 1.71. The number of anilines is 2. The normalized spacial score (nSPS) is 21.1. The molecule has 2 fully saturated rings. The maximum Gasteiger partial charge on any atom is 0.222 e. The van der Waals surface area contributed by atoms with E-state index in [1.807, 2.05) is 12.4 Å². The predicted octanol–water partition coefficient (Wildman–Crippen LogP) is 3.18. The average Bonchev–Trinajstić information content (AvgIpc) is 2.94. The number of nitrogens with zero attached hydrogens (tertiary/aromatic N) is 5. The zero-order valence-corrected chi connectivity index (χ0v) is 21.7. The number of aromatic nitrogens is 4. The predicted molar refractivity (Wildman–Crippen MR) is 143 cm³/mol. The van der Waals surface area contributed by atoms with Crippen LogP contribution in [0.3, 0.4) is 0 Å². The van der Waals surface area contributed by atoms with Crippen LogP contribution in [0.2, 0.25) is 0 Å². The highest BCUT2D eigenvalue weighted by Crippen LogP contribution is 2.33. The number of methoxy groups -OCH3 is 1. The molecule has 198 valence electrons. The van der Waals surface area contributed by atoms with Gasteiger partial charge in [-0.15, -0.1) is 0 Å². The molecule has 0 amide bonds. The Hall–Kier alpha value is -3.08. The van der Waals surface area contributed by atoms with Gasteiger partial charge in [0.2, 0.25) is 5.95 Å². The number of hydrogen-bond acceptors (Lipinski definition) is 10. The van der Waals surface area contributed by atoms with Crippen molar-refractivity contribution in [2.45, 2.75) is 57.3 Å². The zero-order valence-electron chi connectivity index (χ0n) is 21.7. The summed E-state index contributed by atoms with van der Waals surface area (Å²) in [5.74, 6) is 1.49. The molecule has 37 heavy (non-hydrogen) atoms. The van der Waals surface area contributed by atoms with E-state index in [1.54, 1.807) is 19.5 Å². The van der Waals surface area contributed by atoms with Gasteiger partial charge in [0.1, 0.15) is 11.3 Å². The van der Waals surface area contributed by atoms with Gasteiger partial charge in [-0.3, -0.25) is 4.98 Å². The highest BCUT2D eigenvalue weighted by Gasteiger charge is 2.24. The molecule has 2 aromatic heterocycles. The van der Waals surface area contributed by atoms with Crippen LogP contribution in [0, 0.1) is 0 Å². The molecule has 2 aliphatic rings. The molecule has 5 rings (SSSR count). The Balaban J connectivity index is 1.15. The molecule has 2 N–H and O–H groups in total. The van der Waals surface area contributed by atoms with E-state index in [9.17, 15) is 0 Å². The van der Waals surface area contributed by atoms with Gasteiger partial charge in [0.15, 0.2) is 0 Å². The summed E-state index contributed by atoms with van der Waals surface area (Å²) < 4.78 is 17.2.